The quantitative estimate of drug-likeness (QED) is 0.407. The van der Waals surface area contributed by atoms with Crippen LogP contribution in [0.15, 0.2) is 103 Å². The summed E-state index contributed by atoms with van der Waals surface area (Å²) in [5, 5.41) is 0. The second kappa shape index (κ2) is 8.66. The van der Waals surface area contributed by atoms with Crippen molar-refractivity contribution < 1.29 is 13.5 Å². The summed E-state index contributed by atoms with van der Waals surface area (Å²) in [5.41, 5.74) is 3.71. The molecular weight excluding hydrogens is 378 g/mol. The van der Waals surface area contributed by atoms with E-state index in [0.717, 1.165) is 16.7 Å². The van der Waals surface area contributed by atoms with Crippen LogP contribution in [0.1, 0.15) is 34.6 Å². The first-order valence-electron chi connectivity index (χ1n) is 10.2. The van der Waals surface area contributed by atoms with Crippen LogP contribution in [0.3, 0.4) is 0 Å². The molecular formula is C27H24F2O. The van der Waals surface area contributed by atoms with E-state index in [-0.39, 0.29) is 11.3 Å². The van der Waals surface area contributed by atoms with E-state index in [9.17, 15) is 0 Å². The lowest BCUT2D eigenvalue weighted by Gasteiger charge is -2.32. The van der Waals surface area contributed by atoms with Crippen LogP contribution in [0.2, 0.25) is 0 Å². The van der Waals surface area contributed by atoms with Gasteiger partial charge in [-0.15, -0.1) is 0 Å². The maximum atomic E-state index is 15.2. The third-order valence-corrected chi connectivity index (χ3v) is 5.36. The molecule has 0 aromatic heterocycles. The van der Waals surface area contributed by atoms with Gasteiger partial charge >= 0.3 is 6.11 Å². The summed E-state index contributed by atoms with van der Waals surface area (Å²) in [5.74, 6) is -0.327. The average molecular weight is 402 g/mol. The second-order valence-corrected chi connectivity index (χ2v) is 7.59. The van der Waals surface area contributed by atoms with Gasteiger partial charge in [0, 0.05) is 17.1 Å². The molecule has 1 aliphatic heterocycles. The molecule has 0 saturated carbocycles. The molecule has 0 fully saturated rings. The molecule has 1 unspecified atom stereocenters. The lowest BCUT2D eigenvalue weighted by Crippen LogP contribution is -2.30. The van der Waals surface area contributed by atoms with Crippen molar-refractivity contribution in [1.29, 1.82) is 0 Å². The van der Waals surface area contributed by atoms with Gasteiger partial charge in [-0.05, 0) is 37.0 Å². The van der Waals surface area contributed by atoms with E-state index in [2.05, 4.69) is 0 Å². The van der Waals surface area contributed by atoms with Crippen molar-refractivity contribution in [2.24, 2.45) is 0 Å². The molecule has 4 rings (SSSR count). The van der Waals surface area contributed by atoms with Gasteiger partial charge in [0.2, 0.25) is 0 Å². The minimum Gasteiger partial charge on any atom is -0.429 e. The Labute approximate surface area is 176 Å². The standard InChI is InChI=1S/C27H24F2O/c1-20-15-17-22(18-16-20)24-19-26(23-12-6-3-7-13-23)30-27(28,29)25(24)14-8-11-21-9-4-2-5-10-21/h2-7,9-10,12-19,24H,8,11H2,1H3/b25-14+. The van der Waals surface area contributed by atoms with Gasteiger partial charge < -0.3 is 4.74 Å². The van der Waals surface area contributed by atoms with Gasteiger partial charge in [0.25, 0.3) is 0 Å². The van der Waals surface area contributed by atoms with E-state index in [0.29, 0.717) is 18.4 Å². The lowest BCUT2D eigenvalue weighted by molar-refractivity contribution is -0.168. The van der Waals surface area contributed by atoms with Crippen LogP contribution in [0.5, 0.6) is 0 Å². The largest absolute Gasteiger partial charge is 0.429 e. The summed E-state index contributed by atoms with van der Waals surface area (Å²) in [4.78, 5) is 0. The van der Waals surface area contributed by atoms with Crippen molar-refractivity contribution in [3.05, 3.63) is 125 Å². The molecule has 0 amide bonds. The first kappa shape index (κ1) is 20.1. The molecule has 1 aliphatic rings. The van der Waals surface area contributed by atoms with Crippen LogP contribution in [0.4, 0.5) is 8.78 Å². The number of halogens is 2. The van der Waals surface area contributed by atoms with Crippen molar-refractivity contribution in [3.8, 4) is 0 Å². The predicted octanol–water partition coefficient (Wildman–Crippen LogP) is 7.30. The Hall–Kier alpha value is -3.20. The molecule has 30 heavy (non-hydrogen) atoms. The molecule has 0 N–H and O–H groups in total. The van der Waals surface area contributed by atoms with E-state index in [4.69, 9.17) is 4.74 Å². The maximum Gasteiger partial charge on any atom is 0.423 e. The highest BCUT2D eigenvalue weighted by Crippen LogP contribution is 2.46. The molecule has 1 atom stereocenters. The monoisotopic (exact) mass is 402 g/mol. The summed E-state index contributed by atoms with van der Waals surface area (Å²) in [6.07, 6.45) is 1.32. The zero-order valence-electron chi connectivity index (χ0n) is 16.9. The van der Waals surface area contributed by atoms with Gasteiger partial charge in [-0.1, -0.05) is 96.6 Å². The predicted molar refractivity (Wildman–Crippen MR) is 117 cm³/mol. The van der Waals surface area contributed by atoms with Crippen molar-refractivity contribution in [1.82, 2.24) is 0 Å². The van der Waals surface area contributed by atoms with E-state index < -0.39 is 12.0 Å². The zero-order chi connectivity index (χ0) is 21.0. The summed E-state index contributed by atoms with van der Waals surface area (Å²) in [6.45, 7) is 1.99. The topological polar surface area (TPSA) is 9.23 Å². The number of alkyl halides is 2. The minimum atomic E-state index is -3.37. The summed E-state index contributed by atoms with van der Waals surface area (Å²) < 4.78 is 35.6. The molecule has 1 nitrogen and oxygen atoms in total. The molecule has 3 aromatic rings. The Kier molecular flexibility index (Phi) is 5.80. The van der Waals surface area contributed by atoms with Crippen LogP contribution in [-0.2, 0) is 11.2 Å². The Morgan fingerprint density at radius 1 is 0.867 bits per heavy atom. The fraction of sp³-hybridized carbons (Fsp3) is 0.185. The highest BCUT2D eigenvalue weighted by Gasteiger charge is 2.45. The molecule has 0 bridgehead atoms. The van der Waals surface area contributed by atoms with Crippen LogP contribution in [0, 0.1) is 6.92 Å². The number of ether oxygens (including phenoxy) is 1. The first-order valence-corrected chi connectivity index (χ1v) is 10.2. The Morgan fingerprint density at radius 2 is 1.50 bits per heavy atom. The Morgan fingerprint density at radius 3 is 2.17 bits per heavy atom. The Balaban J connectivity index is 1.71. The van der Waals surface area contributed by atoms with Crippen LogP contribution >= 0.6 is 0 Å². The molecule has 152 valence electrons. The number of hydrogen-bond acceptors (Lipinski definition) is 1. The fourth-order valence-electron chi connectivity index (χ4n) is 3.75. The van der Waals surface area contributed by atoms with E-state index in [1.807, 2.05) is 85.8 Å². The van der Waals surface area contributed by atoms with Gasteiger partial charge in [0.05, 0.1) is 0 Å². The van der Waals surface area contributed by atoms with E-state index in [1.165, 1.54) is 0 Å². The minimum absolute atomic E-state index is 0.00182. The summed E-state index contributed by atoms with van der Waals surface area (Å²) in [6, 6.07) is 26.8. The molecule has 0 radical (unpaired) electrons. The van der Waals surface area contributed by atoms with Gasteiger partial charge in [-0.25, -0.2) is 0 Å². The highest BCUT2D eigenvalue weighted by atomic mass is 19.3. The molecule has 0 saturated heterocycles. The molecule has 3 heteroatoms. The third-order valence-electron chi connectivity index (χ3n) is 5.36. The second-order valence-electron chi connectivity index (χ2n) is 7.59. The van der Waals surface area contributed by atoms with Gasteiger partial charge in [0.15, 0.2) is 0 Å². The number of hydrogen-bond donors (Lipinski definition) is 0. The summed E-state index contributed by atoms with van der Waals surface area (Å²) in [7, 11) is 0. The first-order chi connectivity index (χ1) is 14.5. The Bertz CT molecular complexity index is 1040. The number of allylic oxidation sites excluding steroid dienone is 2. The van der Waals surface area contributed by atoms with Crippen LogP contribution in [0.25, 0.3) is 5.76 Å². The maximum absolute atomic E-state index is 15.2. The lowest BCUT2D eigenvalue weighted by atomic mass is 9.86. The van der Waals surface area contributed by atoms with Crippen molar-refractivity contribution in [3.63, 3.8) is 0 Å². The SMILES string of the molecule is Cc1ccc(C2C=C(c3ccccc3)OC(F)(F)/C2=C/CCc2ccccc2)cc1. The van der Waals surface area contributed by atoms with Crippen molar-refractivity contribution >= 4 is 5.76 Å². The third kappa shape index (κ3) is 4.51. The number of benzene rings is 3. The van der Waals surface area contributed by atoms with Gasteiger partial charge in [0.1, 0.15) is 5.76 Å². The average Bonchev–Trinajstić information content (AvgIpc) is 2.76. The van der Waals surface area contributed by atoms with Gasteiger partial charge in [-0.3, -0.25) is 0 Å². The normalized spacial score (nSPS) is 19.2. The zero-order valence-corrected chi connectivity index (χ0v) is 16.9. The highest BCUT2D eigenvalue weighted by molar-refractivity contribution is 5.64. The summed E-state index contributed by atoms with van der Waals surface area (Å²) >= 11 is 0. The van der Waals surface area contributed by atoms with Crippen molar-refractivity contribution in [2.75, 3.05) is 0 Å². The molecule has 0 spiro atoms. The van der Waals surface area contributed by atoms with E-state index in [1.54, 1.807) is 18.2 Å². The fourth-order valence-corrected chi connectivity index (χ4v) is 3.75. The molecule has 3 aromatic carbocycles. The van der Waals surface area contributed by atoms with Crippen LogP contribution in [-0.4, -0.2) is 6.11 Å². The molecule has 1 heterocycles. The number of rotatable bonds is 5. The van der Waals surface area contributed by atoms with E-state index >= 15 is 8.78 Å². The smallest absolute Gasteiger partial charge is 0.423 e. The van der Waals surface area contributed by atoms with Crippen LogP contribution < -0.4 is 0 Å². The number of aryl methyl sites for hydroxylation is 2. The molecule has 0 aliphatic carbocycles. The van der Waals surface area contributed by atoms with Gasteiger partial charge in [-0.2, -0.15) is 8.78 Å². The van der Waals surface area contributed by atoms with Crippen molar-refractivity contribution in [2.45, 2.75) is 31.8 Å².